The van der Waals surface area contributed by atoms with Crippen molar-refractivity contribution in [3.8, 4) is 0 Å². The Labute approximate surface area is 226 Å². The smallest absolute Gasteiger partial charge is 0.263 e. The number of piperazine rings is 1. The molecule has 2 saturated heterocycles. The van der Waals surface area contributed by atoms with Gasteiger partial charge in [-0.25, -0.2) is 13.5 Å². The minimum absolute atomic E-state index is 0.00665. The topological polar surface area (TPSA) is 125 Å². The molecule has 5 heterocycles. The van der Waals surface area contributed by atoms with E-state index in [4.69, 9.17) is 5.73 Å². The van der Waals surface area contributed by atoms with Crippen LogP contribution >= 0.6 is 0 Å². The van der Waals surface area contributed by atoms with Gasteiger partial charge < -0.3 is 26.2 Å². The molecule has 0 aliphatic carbocycles. The van der Waals surface area contributed by atoms with E-state index >= 15 is 8.78 Å². The molecule has 11 nitrogen and oxygen atoms in total. The van der Waals surface area contributed by atoms with Crippen LogP contribution in [0.15, 0.2) is 12.4 Å². The van der Waals surface area contributed by atoms with E-state index in [-0.39, 0.29) is 47.8 Å². The number of nitrogens with zero attached hydrogens (tertiary/aromatic N) is 6. The van der Waals surface area contributed by atoms with Gasteiger partial charge in [-0.1, -0.05) is 20.3 Å². The third kappa shape index (κ3) is 5.23. The van der Waals surface area contributed by atoms with Crippen molar-refractivity contribution in [3.63, 3.8) is 0 Å². The Morgan fingerprint density at radius 1 is 1.21 bits per heavy atom. The summed E-state index contributed by atoms with van der Waals surface area (Å²) in [7, 11) is 0. The first-order valence-electron chi connectivity index (χ1n) is 13.8. The predicted octanol–water partition coefficient (Wildman–Crippen LogP) is 2.32. The van der Waals surface area contributed by atoms with Gasteiger partial charge in [0.1, 0.15) is 22.7 Å². The number of alkyl halides is 1. The first-order valence-corrected chi connectivity index (χ1v) is 13.8. The Kier molecular flexibility index (Phi) is 7.61. The molecule has 4 N–H and O–H groups in total. The number of fused-ring (bicyclic) bond motifs is 1. The number of nitrogens with two attached hydrogens (primary N) is 1. The molecule has 2 atom stereocenters. The number of hydrogen-bond donors (Lipinski definition) is 3. The molecule has 3 aliphatic heterocycles. The maximum Gasteiger partial charge on any atom is 0.263 e. The van der Waals surface area contributed by atoms with Crippen LogP contribution in [0.25, 0.3) is 0 Å². The van der Waals surface area contributed by atoms with E-state index in [9.17, 15) is 9.59 Å². The number of nitrogens with one attached hydrogen (secondary N) is 2. The molecule has 2 aromatic heterocycles. The second kappa shape index (κ2) is 10.9. The largest absolute Gasteiger partial charge is 0.381 e. The van der Waals surface area contributed by atoms with Gasteiger partial charge in [-0.15, -0.1) is 0 Å². The zero-order valence-electron chi connectivity index (χ0n) is 22.6. The average molecular weight is 546 g/mol. The number of rotatable bonds is 7. The molecule has 0 aromatic carbocycles. The minimum Gasteiger partial charge on any atom is -0.381 e. The van der Waals surface area contributed by atoms with E-state index in [1.165, 1.54) is 10.9 Å². The molecule has 13 heteroatoms. The van der Waals surface area contributed by atoms with Gasteiger partial charge in [-0.3, -0.25) is 19.5 Å². The van der Waals surface area contributed by atoms with E-state index in [0.29, 0.717) is 44.8 Å². The molecule has 0 spiro atoms. The second-order valence-electron chi connectivity index (χ2n) is 10.6. The number of likely N-dealkylation sites (tertiary alicyclic amines) is 1. The molecule has 0 bridgehead atoms. The lowest BCUT2D eigenvalue weighted by Gasteiger charge is -2.38. The van der Waals surface area contributed by atoms with Crippen LogP contribution in [0, 0.1) is 5.82 Å². The van der Waals surface area contributed by atoms with Crippen LogP contribution in [0.5, 0.6) is 0 Å². The fraction of sp³-hybridized carbons (Fsp3) is 0.615. The zero-order valence-corrected chi connectivity index (χ0v) is 22.6. The van der Waals surface area contributed by atoms with Gasteiger partial charge in [0.05, 0.1) is 37.2 Å². The van der Waals surface area contributed by atoms with Gasteiger partial charge >= 0.3 is 0 Å². The molecule has 0 saturated carbocycles. The molecular formula is C26H37F2N9O2. The summed E-state index contributed by atoms with van der Waals surface area (Å²) in [6, 6.07) is -0.0837. The first-order chi connectivity index (χ1) is 18.7. The Morgan fingerprint density at radius 3 is 2.69 bits per heavy atom. The highest BCUT2D eigenvalue weighted by molar-refractivity contribution is 6.12. The van der Waals surface area contributed by atoms with Crippen molar-refractivity contribution >= 4 is 34.8 Å². The van der Waals surface area contributed by atoms with Crippen LogP contribution in [0.4, 0.5) is 31.8 Å². The summed E-state index contributed by atoms with van der Waals surface area (Å²) in [6.45, 7) is 7.53. The number of anilines is 4. The van der Waals surface area contributed by atoms with E-state index in [1.54, 1.807) is 0 Å². The molecule has 212 valence electrons. The maximum atomic E-state index is 15.1. The summed E-state index contributed by atoms with van der Waals surface area (Å²) < 4.78 is 31.6. The van der Waals surface area contributed by atoms with Crippen LogP contribution in [0.1, 0.15) is 49.9 Å². The number of pyridine rings is 1. The number of hydrogen-bond acceptors (Lipinski definition) is 8. The molecule has 5 rings (SSSR count). The Bertz CT molecular complexity index is 1230. The highest BCUT2D eigenvalue weighted by atomic mass is 19.1. The quantitative estimate of drug-likeness (QED) is 0.484. The van der Waals surface area contributed by atoms with Crippen LogP contribution in [-0.4, -0.2) is 93.9 Å². The number of carbonyl (C=O) groups excluding carboxylic acids is 2. The molecule has 39 heavy (non-hydrogen) atoms. The first kappa shape index (κ1) is 27.1. The number of likely N-dealkylation sites (N-methyl/N-ethyl adjacent to an activating group) is 1. The van der Waals surface area contributed by atoms with Gasteiger partial charge in [0, 0.05) is 26.2 Å². The van der Waals surface area contributed by atoms with Crippen molar-refractivity contribution in [2.75, 3.05) is 67.1 Å². The van der Waals surface area contributed by atoms with Crippen molar-refractivity contribution in [3.05, 3.63) is 23.8 Å². The van der Waals surface area contributed by atoms with E-state index in [2.05, 4.69) is 32.5 Å². The summed E-state index contributed by atoms with van der Waals surface area (Å²) in [4.78, 5) is 36.3. The zero-order chi connectivity index (χ0) is 27.7. The number of carbonyl (C=O) groups is 2. The molecular weight excluding hydrogens is 508 g/mol. The van der Waals surface area contributed by atoms with Gasteiger partial charge in [0.15, 0.2) is 11.6 Å². The lowest BCUT2D eigenvalue weighted by Crippen LogP contribution is -2.54. The second-order valence-corrected chi connectivity index (χ2v) is 10.6. The summed E-state index contributed by atoms with van der Waals surface area (Å²) in [5, 5.41) is 9.90. The molecule has 0 radical (unpaired) electrons. The van der Waals surface area contributed by atoms with Gasteiger partial charge in [0.25, 0.3) is 5.91 Å². The number of aromatic nitrogens is 3. The third-order valence-electron chi connectivity index (χ3n) is 7.99. The van der Waals surface area contributed by atoms with Crippen LogP contribution in [-0.2, 0) is 11.3 Å². The van der Waals surface area contributed by atoms with E-state index in [0.717, 1.165) is 32.1 Å². The van der Waals surface area contributed by atoms with Crippen molar-refractivity contribution in [2.45, 2.75) is 57.8 Å². The van der Waals surface area contributed by atoms with Crippen molar-refractivity contribution in [1.29, 1.82) is 0 Å². The lowest BCUT2D eigenvalue weighted by atomic mass is 9.98. The maximum absolute atomic E-state index is 15.1. The molecule has 3 aliphatic rings. The SMILES string of the molecule is CCCC1(F)CNc2c(C(=O)Nc3cncc(F)c3N3CCN(C(=O)C4CCCN4CC)CC3)c(N)nn2C1. The number of nitrogen functional groups attached to an aromatic ring is 1. The van der Waals surface area contributed by atoms with E-state index in [1.807, 2.05) is 16.7 Å². The average Bonchev–Trinajstić information content (AvgIpc) is 3.51. The Balaban J connectivity index is 1.30. The fourth-order valence-corrected chi connectivity index (χ4v) is 6.05. The van der Waals surface area contributed by atoms with Crippen molar-refractivity contribution < 1.29 is 18.4 Å². The summed E-state index contributed by atoms with van der Waals surface area (Å²) in [5.41, 5.74) is 5.06. The van der Waals surface area contributed by atoms with E-state index < -0.39 is 17.4 Å². The third-order valence-corrected chi connectivity index (χ3v) is 7.99. The number of amides is 2. The van der Waals surface area contributed by atoms with Crippen molar-refractivity contribution in [2.24, 2.45) is 0 Å². The Morgan fingerprint density at radius 2 is 1.97 bits per heavy atom. The van der Waals surface area contributed by atoms with Crippen LogP contribution < -0.4 is 21.3 Å². The van der Waals surface area contributed by atoms with Gasteiger partial charge in [-0.05, 0) is 32.4 Å². The summed E-state index contributed by atoms with van der Waals surface area (Å²) in [5.74, 6) is -0.748. The molecule has 2 fully saturated rings. The van der Waals surface area contributed by atoms with Crippen LogP contribution in [0.2, 0.25) is 0 Å². The van der Waals surface area contributed by atoms with Crippen LogP contribution in [0.3, 0.4) is 0 Å². The van der Waals surface area contributed by atoms with Gasteiger partial charge in [0.2, 0.25) is 5.91 Å². The highest BCUT2D eigenvalue weighted by Gasteiger charge is 2.38. The molecule has 2 aromatic rings. The molecule has 2 unspecified atom stereocenters. The predicted molar refractivity (Wildman–Crippen MR) is 145 cm³/mol. The summed E-state index contributed by atoms with van der Waals surface area (Å²) >= 11 is 0. The van der Waals surface area contributed by atoms with Crippen molar-refractivity contribution in [1.82, 2.24) is 24.6 Å². The summed E-state index contributed by atoms with van der Waals surface area (Å²) in [6.07, 6.45) is 5.40. The fourth-order valence-electron chi connectivity index (χ4n) is 6.05. The monoisotopic (exact) mass is 545 g/mol. The normalized spacial score (nSPS) is 23.4. The van der Waals surface area contributed by atoms with Gasteiger partial charge in [-0.2, -0.15) is 5.10 Å². The highest BCUT2D eigenvalue weighted by Crippen LogP contribution is 2.34. The number of halogens is 2. The lowest BCUT2D eigenvalue weighted by molar-refractivity contribution is -0.136. The molecule has 2 amide bonds. The standard InChI is InChI=1S/C26H37F2N9O2/c1-3-7-26(28)15-31-23-20(22(29)33-37(23)16-26)24(38)32-18-14-30-13-17(27)21(18)35-9-11-36(12-10-35)25(39)19-6-5-8-34(19)4-2/h13-14,19,31H,3-12,15-16H2,1-2H3,(H2,29,33)(H,32,38). The minimum atomic E-state index is -1.48. The Hall–Kier alpha value is -3.48.